The first-order valence-corrected chi connectivity index (χ1v) is 9.22. The smallest absolute Gasteiger partial charge is 0.220 e. The molecule has 2 N–H and O–H groups in total. The molecule has 4 heteroatoms. The molecule has 0 bridgehead atoms. The lowest BCUT2D eigenvalue weighted by atomic mass is 10.0. The highest BCUT2D eigenvalue weighted by Crippen LogP contribution is 2.13. The van der Waals surface area contributed by atoms with Crippen molar-refractivity contribution >= 4 is 5.91 Å². The standard InChI is InChI=1S/C22H29NO3/c1-17-8-7-11-21(14-17)26-13-6-5-12-22(25)23-20(16-24)15-19-10-4-3-9-18(19)2/h3-4,7-11,14,20,24H,5-6,12-13,15-16H2,1-2H3,(H,23,25)/t20-/m0/s1. The van der Waals surface area contributed by atoms with Gasteiger partial charge in [-0.25, -0.2) is 0 Å². The van der Waals surface area contributed by atoms with Gasteiger partial charge in [0.25, 0.3) is 0 Å². The Hall–Kier alpha value is -2.33. The maximum absolute atomic E-state index is 12.1. The third kappa shape index (κ3) is 6.89. The molecule has 0 unspecified atom stereocenters. The average Bonchev–Trinajstić information content (AvgIpc) is 2.62. The van der Waals surface area contributed by atoms with E-state index in [9.17, 15) is 9.90 Å². The first-order valence-electron chi connectivity index (χ1n) is 9.22. The van der Waals surface area contributed by atoms with E-state index in [0.29, 0.717) is 19.4 Å². The number of rotatable bonds is 10. The first kappa shape index (κ1) is 20.0. The van der Waals surface area contributed by atoms with E-state index in [1.54, 1.807) is 0 Å². The lowest BCUT2D eigenvalue weighted by Crippen LogP contribution is -2.39. The van der Waals surface area contributed by atoms with Crippen LogP contribution in [0.25, 0.3) is 0 Å². The Kier molecular flexibility index (Phi) is 8.16. The lowest BCUT2D eigenvalue weighted by Gasteiger charge is -2.17. The third-order valence-corrected chi connectivity index (χ3v) is 4.37. The summed E-state index contributed by atoms with van der Waals surface area (Å²) in [6.07, 6.45) is 2.68. The van der Waals surface area contributed by atoms with Crippen molar-refractivity contribution in [2.75, 3.05) is 13.2 Å². The van der Waals surface area contributed by atoms with Gasteiger partial charge in [0, 0.05) is 6.42 Å². The van der Waals surface area contributed by atoms with E-state index in [-0.39, 0.29) is 18.6 Å². The number of carbonyl (C=O) groups excluding carboxylic acids is 1. The van der Waals surface area contributed by atoms with Gasteiger partial charge in [-0.1, -0.05) is 36.4 Å². The number of nitrogens with one attached hydrogen (secondary N) is 1. The van der Waals surface area contributed by atoms with Gasteiger partial charge in [0.2, 0.25) is 5.91 Å². The summed E-state index contributed by atoms with van der Waals surface area (Å²) in [6.45, 7) is 4.62. The van der Waals surface area contributed by atoms with Crippen LogP contribution in [0.15, 0.2) is 48.5 Å². The highest BCUT2D eigenvalue weighted by Gasteiger charge is 2.13. The molecule has 1 atom stereocenters. The zero-order valence-electron chi connectivity index (χ0n) is 15.7. The highest BCUT2D eigenvalue weighted by molar-refractivity contribution is 5.76. The summed E-state index contributed by atoms with van der Waals surface area (Å²) in [5, 5.41) is 12.5. The van der Waals surface area contributed by atoms with Crippen LogP contribution in [-0.2, 0) is 11.2 Å². The Balaban J connectivity index is 1.66. The molecule has 4 nitrogen and oxygen atoms in total. The number of aliphatic hydroxyl groups is 1. The van der Waals surface area contributed by atoms with Crippen molar-refractivity contribution < 1.29 is 14.6 Å². The number of unbranched alkanes of at least 4 members (excludes halogenated alkanes) is 1. The minimum atomic E-state index is -0.243. The van der Waals surface area contributed by atoms with Gasteiger partial charge >= 0.3 is 0 Å². The molecule has 0 spiro atoms. The van der Waals surface area contributed by atoms with E-state index in [2.05, 4.69) is 5.32 Å². The number of aliphatic hydroxyl groups excluding tert-OH is 1. The van der Waals surface area contributed by atoms with Crippen molar-refractivity contribution in [3.05, 3.63) is 65.2 Å². The van der Waals surface area contributed by atoms with Gasteiger partial charge in [-0.15, -0.1) is 0 Å². The van der Waals surface area contributed by atoms with E-state index in [1.165, 1.54) is 11.1 Å². The molecule has 0 saturated carbocycles. The Morgan fingerprint density at radius 1 is 1.12 bits per heavy atom. The highest BCUT2D eigenvalue weighted by atomic mass is 16.5. The number of hydrogen-bond donors (Lipinski definition) is 2. The van der Waals surface area contributed by atoms with Crippen molar-refractivity contribution in [2.45, 2.75) is 45.6 Å². The maximum atomic E-state index is 12.1. The van der Waals surface area contributed by atoms with Crippen molar-refractivity contribution in [3.8, 4) is 5.75 Å². The van der Waals surface area contributed by atoms with Gasteiger partial charge in [0.1, 0.15) is 5.75 Å². The topological polar surface area (TPSA) is 58.6 Å². The molecule has 2 rings (SSSR count). The van der Waals surface area contributed by atoms with Gasteiger partial charge in [0.05, 0.1) is 19.3 Å². The minimum Gasteiger partial charge on any atom is -0.494 e. The van der Waals surface area contributed by atoms with Crippen LogP contribution in [-0.4, -0.2) is 30.3 Å². The van der Waals surface area contributed by atoms with Crippen LogP contribution in [0.4, 0.5) is 0 Å². The molecule has 0 saturated heterocycles. The second-order valence-corrected chi connectivity index (χ2v) is 6.70. The second-order valence-electron chi connectivity index (χ2n) is 6.70. The number of amides is 1. The van der Waals surface area contributed by atoms with Crippen molar-refractivity contribution in [3.63, 3.8) is 0 Å². The van der Waals surface area contributed by atoms with Crippen molar-refractivity contribution in [2.24, 2.45) is 0 Å². The molecule has 0 aliphatic heterocycles. The van der Waals surface area contributed by atoms with Crippen LogP contribution >= 0.6 is 0 Å². The summed E-state index contributed by atoms with van der Waals surface area (Å²) < 4.78 is 5.69. The fourth-order valence-electron chi connectivity index (χ4n) is 2.85. The molecule has 1 amide bonds. The Bertz CT molecular complexity index is 699. The quantitative estimate of drug-likeness (QED) is 0.641. The molecule has 0 fully saturated rings. The lowest BCUT2D eigenvalue weighted by molar-refractivity contribution is -0.122. The molecular formula is C22H29NO3. The van der Waals surface area contributed by atoms with Gasteiger partial charge in [-0.05, 0) is 61.9 Å². The summed E-state index contributed by atoms with van der Waals surface area (Å²) in [7, 11) is 0. The predicted octanol–water partition coefficient (Wildman–Crippen LogP) is 3.57. The number of benzene rings is 2. The normalized spacial score (nSPS) is 11.8. The van der Waals surface area contributed by atoms with Crippen LogP contribution in [0.3, 0.4) is 0 Å². The molecule has 0 aliphatic rings. The average molecular weight is 355 g/mol. The van der Waals surface area contributed by atoms with E-state index in [0.717, 1.165) is 24.2 Å². The van der Waals surface area contributed by atoms with Crippen LogP contribution in [0.1, 0.15) is 36.0 Å². The molecule has 0 radical (unpaired) electrons. The van der Waals surface area contributed by atoms with Gasteiger partial charge in [-0.3, -0.25) is 4.79 Å². The van der Waals surface area contributed by atoms with E-state index < -0.39 is 0 Å². The van der Waals surface area contributed by atoms with E-state index in [1.807, 2.05) is 62.4 Å². The summed E-state index contributed by atoms with van der Waals surface area (Å²) in [4.78, 5) is 12.1. The van der Waals surface area contributed by atoms with Gasteiger partial charge in [0.15, 0.2) is 0 Å². The van der Waals surface area contributed by atoms with Crippen LogP contribution in [0.5, 0.6) is 5.75 Å². The molecule has 0 aromatic heterocycles. The molecule has 0 heterocycles. The zero-order valence-corrected chi connectivity index (χ0v) is 15.7. The van der Waals surface area contributed by atoms with Crippen molar-refractivity contribution in [1.29, 1.82) is 0 Å². The Labute approximate surface area is 156 Å². The second kappa shape index (κ2) is 10.6. The number of carbonyl (C=O) groups is 1. The molecular weight excluding hydrogens is 326 g/mol. The van der Waals surface area contributed by atoms with E-state index in [4.69, 9.17) is 4.74 Å². The summed E-state index contributed by atoms with van der Waals surface area (Å²) in [6, 6.07) is 15.8. The van der Waals surface area contributed by atoms with Crippen LogP contribution in [0.2, 0.25) is 0 Å². The minimum absolute atomic E-state index is 0.0202. The number of hydrogen-bond acceptors (Lipinski definition) is 3. The number of aryl methyl sites for hydroxylation is 2. The Morgan fingerprint density at radius 2 is 1.92 bits per heavy atom. The molecule has 0 aliphatic carbocycles. The fourth-order valence-corrected chi connectivity index (χ4v) is 2.85. The third-order valence-electron chi connectivity index (χ3n) is 4.37. The Morgan fingerprint density at radius 3 is 2.65 bits per heavy atom. The molecule has 2 aromatic rings. The van der Waals surface area contributed by atoms with Crippen molar-refractivity contribution in [1.82, 2.24) is 5.32 Å². The molecule has 140 valence electrons. The summed E-state index contributed by atoms with van der Waals surface area (Å²) >= 11 is 0. The SMILES string of the molecule is Cc1cccc(OCCCCC(=O)N[C@H](CO)Cc2ccccc2C)c1. The largest absolute Gasteiger partial charge is 0.494 e. The summed E-state index contributed by atoms with van der Waals surface area (Å²) in [5.74, 6) is 0.848. The maximum Gasteiger partial charge on any atom is 0.220 e. The zero-order chi connectivity index (χ0) is 18.8. The molecule has 26 heavy (non-hydrogen) atoms. The van der Waals surface area contributed by atoms with E-state index >= 15 is 0 Å². The number of ether oxygens (including phenoxy) is 1. The first-order chi connectivity index (χ1) is 12.6. The fraction of sp³-hybridized carbons (Fsp3) is 0.409. The van der Waals surface area contributed by atoms with Crippen LogP contribution in [0, 0.1) is 13.8 Å². The van der Waals surface area contributed by atoms with Gasteiger partial charge < -0.3 is 15.2 Å². The van der Waals surface area contributed by atoms with Crippen LogP contribution < -0.4 is 10.1 Å². The summed E-state index contributed by atoms with van der Waals surface area (Å²) in [5.41, 5.74) is 3.50. The molecule has 2 aromatic carbocycles. The predicted molar refractivity (Wildman–Crippen MR) is 104 cm³/mol. The van der Waals surface area contributed by atoms with Gasteiger partial charge in [-0.2, -0.15) is 0 Å². The monoisotopic (exact) mass is 355 g/mol.